The molecular weight excluding hydrogens is 226 g/mol. The minimum Gasteiger partial charge on any atom is -0.437 e. The molecular formula is C15H11NO2. The molecule has 0 aliphatic rings. The lowest BCUT2D eigenvalue weighted by Gasteiger charge is -2.02. The molecule has 18 heavy (non-hydrogen) atoms. The third-order valence-electron chi connectivity index (χ3n) is 2.83. The quantitative estimate of drug-likeness (QED) is 0.653. The van der Waals surface area contributed by atoms with Crippen LogP contribution in [0.2, 0.25) is 0 Å². The maximum Gasteiger partial charge on any atom is 0.284 e. The van der Waals surface area contributed by atoms with E-state index < -0.39 is 0 Å². The summed E-state index contributed by atoms with van der Waals surface area (Å²) in [7, 11) is 0. The first-order chi connectivity index (χ1) is 8.74. The van der Waals surface area contributed by atoms with E-state index in [0.717, 1.165) is 11.1 Å². The summed E-state index contributed by atoms with van der Waals surface area (Å²) in [6.07, 6.45) is 0. The van der Waals surface area contributed by atoms with Crippen LogP contribution >= 0.6 is 0 Å². The first-order valence-electron chi connectivity index (χ1n) is 5.71. The fourth-order valence-electron chi connectivity index (χ4n) is 1.83. The Morgan fingerprint density at radius 1 is 1.00 bits per heavy atom. The molecule has 88 valence electrons. The molecule has 3 heteroatoms. The number of para-hydroxylation sites is 1. The van der Waals surface area contributed by atoms with E-state index in [1.165, 1.54) is 0 Å². The van der Waals surface area contributed by atoms with Crippen molar-refractivity contribution in [3.05, 3.63) is 64.4 Å². The minimum atomic E-state index is -0.257. The Kier molecular flexibility index (Phi) is 2.45. The molecule has 0 atom stereocenters. The zero-order valence-electron chi connectivity index (χ0n) is 9.88. The van der Waals surface area contributed by atoms with Crippen LogP contribution in [0, 0.1) is 6.92 Å². The van der Waals surface area contributed by atoms with Gasteiger partial charge in [-0.3, -0.25) is 4.79 Å². The van der Waals surface area contributed by atoms with Crippen LogP contribution < -0.4 is 5.56 Å². The predicted octanol–water partition coefficient (Wildman–Crippen LogP) is 3.16. The average Bonchev–Trinajstić information content (AvgIpc) is 2.39. The molecule has 0 unspecified atom stereocenters. The fourth-order valence-corrected chi connectivity index (χ4v) is 1.83. The molecule has 1 aromatic heterocycles. The van der Waals surface area contributed by atoms with Crippen molar-refractivity contribution in [1.82, 2.24) is 4.98 Å². The molecule has 0 amide bonds. The summed E-state index contributed by atoms with van der Waals surface area (Å²) >= 11 is 0. The molecule has 0 bridgehead atoms. The normalized spacial score (nSPS) is 10.7. The van der Waals surface area contributed by atoms with E-state index in [1.54, 1.807) is 18.2 Å². The summed E-state index contributed by atoms with van der Waals surface area (Å²) in [5.74, 6) is 0.360. The Morgan fingerprint density at radius 3 is 2.50 bits per heavy atom. The summed E-state index contributed by atoms with van der Waals surface area (Å²) in [4.78, 5) is 15.8. The van der Waals surface area contributed by atoms with Crippen molar-refractivity contribution in [3.8, 4) is 11.5 Å². The molecule has 0 aliphatic carbocycles. The van der Waals surface area contributed by atoms with Gasteiger partial charge in [-0.15, -0.1) is 0 Å². The van der Waals surface area contributed by atoms with Gasteiger partial charge in [0, 0.05) is 5.56 Å². The van der Waals surface area contributed by atoms with E-state index in [-0.39, 0.29) is 5.56 Å². The fraction of sp³-hybridized carbons (Fsp3) is 0.0667. The zero-order valence-corrected chi connectivity index (χ0v) is 9.88. The second-order valence-electron chi connectivity index (χ2n) is 4.19. The molecule has 2 aromatic carbocycles. The largest absolute Gasteiger partial charge is 0.437 e. The van der Waals surface area contributed by atoms with Crippen LogP contribution in [-0.2, 0) is 0 Å². The van der Waals surface area contributed by atoms with Crippen LogP contribution in [0.1, 0.15) is 5.56 Å². The topological polar surface area (TPSA) is 43.1 Å². The predicted molar refractivity (Wildman–Crippen MR) is 70.5 cm³/mol. The molecule has 0 N–H and O–H groups in total. The number of benzene rings is 2. The Labute approximate surface area is 104 Å². The zero-order chi connectivity index (χ0) is 12.5. The third kappa shape index (κ3) is 1.80. The second-order valence-corrected chi connectivity index (χ2v) is 4.19. The standard InChI is InChI=1S/C15H11NO2/c1-10-6-8-11(9-7-10)15-16-14(17)12-4-2-3-5-13(12)18-15/h2-9H,1H3. The number of aromatic nitrogens is 1. The van der Waals surface area contributed by atoms with Gasteiger partial charge in [0.05, 0.1) is 5.39 Å². The van der Waals surface area contributed by atoms with Crippen LogP contribution in [0.4, 0.5) is 0 Å². The van der Waals surface area contributed by atoms with E-state index in [0.29, 0.717) is 16.9 Å². The second kappa shape index (κ2) is 4.11. The van der Waals surface area contributed by atoms with Gasteiger partial charge in [-0.2, -0.15) is 4.98 Å². The van der Waals surface area contributed by atoms with Crippen molar-refractivity contribution in [2.45, 2.75) is 6.92 Å². The van der Waals surface area contributed by atoms with Crippen LogP contribution in [-0.4, -0.2) is 4.98 Å². The van der Waals surface area contributed by atoms with Crippen LogP contribution in [0.25, 0.3) is 22.4 Å². The smallest absolute Gasteiger partial charge is 0.284 e. The van der Waals surface area contributed by atoms with E-state index >= 15 is 0 Å². The van der Waals surface area contributed by atoms with E-state index in [1.807, 2.05) is 37.3 Å². The van der Waals surface area contributed by atoms with Crippen LogP contribution in [0.5, 0.6) is 0 Å². The van der Waals surface area contributed by atoms with Gasteiger partial charge in [0.2, 0.25) is 5.89 Å². The SMILES string of the molecule is Cc1ccc(-c2nc(=O)c3ccccc3o2)cc1. The number of rotatable bonds is 1. The Balaban J connectivity index is 2.24. The molecule has 3 aromatic rings. The average molecular weight is 237 g/mol. The summed E-state index contributed by atoms with van der Waals surface area (Å²) in [6.45, 7) is 2.01. The van der Waals surface area contributed by atoms with E-state index in [4.69, 9.17) is 4.42 Å². The van der Waals surface area contributed by atoms with Crippen molar-refractivity contribution in [2.24, 2.45) is 0 Å². The summed E-state index contributed by atoms with van der Waals surface area (Å²) < 4.78 is 5.66. The Hall–Kier alpha value is -2.42. The first-order valence-corrected chi connectivity index (χ1v) is 5.71. The van der Waals surface area contributed by atoms with E-state index in [2.05, 4.69) is 4.98 Å². The van der Waals surface area contributed by atoms with Crippen molar-refractivity contribution in [1.29, 1.82) is 0 Å². The molecule has 3 rings (SSSR count). The molecule has 0 radical (unpaired) electrons. The maximum atomic E-state index is 11.9. The summed E-state index contributed by atoms with van der Waals surface area (Å²) in [6, 6.07) is 14.9. The molecule has 0 spiro atoms. The summed E-state index contributed by atoms with van der Waals surface area (Å²) in [5.41, 5.74) is 2.27. The highest BCUT2D eigenvalue weighted by molar-refractivity contribution is 5.76. The molecule has 0 fully saturated rings. The summed E-state index contributed by atoms with van der Waals surface area (Å²) in [5, 5.41) is 0.508. The van der Waals surface area contributed by atoms with Gasteiger partial charge < -0.3 is 4.42 Å². The highest BCUT2D eigenvalue weighted by Crippen LogP contribution is 2.19. The van der Waals surface area contributed by atoms with Crippen molar-refractivity contribution in [2.75, 3.05) is 0 Å². The van der Waals surface area contributed by atoms with Crippen molar-refractivity contribution in [3.63, 3.8) is 0 Å². The lowest BCUT2D eigenvalue weighted by molar-refractivity contribution is 0.595. The van der Waals surface area contributed by atoms with E-state index in [9.17, 15) is 4.79 Å². The van der Waals surface area contributed by atoms with Gasteiger partial charge in [-0.25, -0.2) is 0 Å². The maximum absolute atomic E-state index is 11.9. The van der Waals surface area contributed by atoms with Gasteiger partial charge in [0.15, 0.2) is 0 Å². The molecule has 1 heterocycles. The van der Waals surface area contributed by atoms with Gasteiger partial charge in [0.1, 0.15) is 5.58 Å². The Morgan fingerprint density at radius 2 is 1.72 bits per heavy atom. The number of hydrogen-bond acceptors (Lipinski definition) is 3. The van der Waals surface area contributed by atoms with Crippen molar-refractivity contribution < 1.29 is 4.42 Å². The number of nitrogens with zero attached hydrogens (tertiary/aromatic N) is 1. The third-order valence-corrected chi connectivity index (χ3v) is 2.83. The van der Waals surface area contributed by atoms with Gasteiger partial charge in [-0.1, -0.05) is 29.8 Å². The van der Waals surface area contributed by atoms with Crippen molar-refractivity contribution >= 4 is 11.0 Å². The lowest BCUT2D eigenvalue weighted by atomic mass is 10.1. The monoisotopic (exact) mass is 237 g/mol. The number of fused-ring (bicyclic) bond motifs is 1. The van der Waals surface area contributed by atoms with Gasteiger partial charge in [0.25, 0.3) is 5.56 Å². The molecule has 0 saturated carbocycles. The number of aryl methyl sites for hydroxylation is 1. The molecule has 0 aliphatic heterocycles. The van der Waals surface area contributed by atoms with Gasteiger partial charge >= 0.3 is 0 Å². The lowest BCUT2D eigenvalue weighted by Crippen LogP contribution is -2.06. The highest BCUT2D eigenvalue weighted by atomic mass is 16.3. The van der Waals surface area contributed by atoms with Crippen LogP contribution in [0.15, 0.2) is 57.7 Å². The van der Waals surface area contributed by atoms with Gasteiger partial charge in [-0.05, 0) is 31.2 Å². The number of hydrogen-bond donors (Lipinski definition) is 0. The first kappa shape index (κ1) is 10.7. The molecule has 3 nitrogen and oxygen atoms in total. The molecule has 0 saturated heterocycles. The Bertz CT molecular complexity index is 757. The highest BCUT2D eigenvalue weighted by Gasteiger charge is 2.07. The minimum absolute atomic E-state index is 0.257. The van der Waals surface area contributed by atoms with Crippen LogP contribution in [0.3, 0.4) is 0 Å².